The van der Waals surface area contributed by atoms with Crippen LogP contribution in [-0.4, -0.2) is 59.9 Å². The molecule has 0 unspecified atom stereocenters. The van der Waals surface area contributed by atoms with Crippen molar-refractivity contribution in [3.05, 3.63) is 67.8 Å². The van der Waals surface area contributed by atoms with E-state index in [4.69, 9.17) is 0 Å². The van der Waals surface area contributed by atoms with Crippen molar-refractivity contribution in [3.63, 3.8) is 0 Å². The molecule has 2 aliphatic rings. The molecule has 0 aromatic heterocycles. The Morgan fingerprint density at radius 2 is 1.45 bits per heavy atom. The second kappa shape index (κ2) is 9.43. The molecule has 0 N–H and O–H groups in total. The maximum absolute atomic E-state index is 12.9. The average molecular weight is 453 g/mol. The Hall–Kier alpha value is -3.69. The summed E-state index contributed by atoms with van der Waals surface area (Å²) >= 11 is 0. The number of hydrogen-bond donors (Lipinski definition) is 0. The fourth-order valence-electron chi connectivity index (χ4n) is 4.54. The van der Waals surface area contributed by atoms with Crippen LogP contribution in [0.5, 0.6) is 0 Å². The summed E-state index contributed by atoms with van der Waals surface area (Å²) in [6.45, 7) is 5.37. The van der Waals surface area contributed by atoms with Crippen molar-refractivity contribution >= 4 is 28.7 Å². The summed E-state index contributed by atoms with van der Waals surface area (Å²) in [6.07, 6.45) is 3.20. The number of nitrogens with zero attached hydrogens (tertiary/aromatic N) is 5. The number of nitro benzene ring substituents is 2. The smallest absolute Gasteiger partial charge is 0.292 e. The molecular formula is C23H27N5O5. The molecule has 174 valence electrons. The molecule has 0 saturated carbocycles. The van der Waals surface area contributed by atoms with Crippen LogP contribution in [-0.2, 0) is 0 Å². The zero-order valence-corrected chi connectivity index (χ0v) is 18.6. The summed E-state index contributed by atoms with van der Waals surface area (Å²) in [6, 6.07) is 9.79. The molecule has 0 atom stereocenters. The highest BCUT2D eigenvalue weighted by Gasteiger charge is 2.27. The van der Waals surface area contributed by atoms with Gasteiger partial charge in [-0.1, -0.05) is 6.07 Å². The topological polar surface area (TPSA) is 113 Å². The molecule has 33 heavy (non-hydrogen) atoms. The van der Waals surface area contributed by atoms with E-state index >= 15 is 0 Å². The Morgan fingerprint density at radius 3 is 2.09 bits per heavy atom. The lowest BCUT2D eigenvalue weighted by atomic mass is 10.1. The van der Waals surface area contributed by atoms with Crippen molar-refractivity contribution in [2.75, 3.05) is 49.1 Å². The molecule has 2 aliphatic heterocycles. The Kier molecular flexibility index (Phi) is 6.43. The Bertz CT molecular complexity index is 1070. The van der Waals surface area contributed by atoms with Gasteiger partial charge in [0.25, 0.3) is 17.3 Å². The van der Waals surface area contributed by atoms with Crippen molar-refractivity contribution in [1.29, 1.82) is 0 Å². The minimum atomic E-state index is -0.474. The molecule has 2 aromatic carbocycles. The summed E-state index contributed by atoms with van der Waals surface area (Å²) in [5.74, 6) is -0.226. The Morgan fingerprint density at radius 1 is 0.788 bits per heavy atom. The number of rotatable bonds is 5. The second-order valence-electron chi connectivity index (χ2n) is 8.52. The highest BCUT2D eigenvalue weighted by Crippen LogP contribution is 2.34. The van der Waals surface area contributed by atoms with Crippen LogP contribution >= 0.6 is 0 Å². The van der Waals surface area contributed by atoms with Gasteiger partial charge in [-0.2, -0.15) is 0 Å². The second-order valence-corrected chi connectivity index (χ2v) is 8.52. The number of carbonyl (C=O) groups excluding carboxylic acids is 1. The molecule has 0 radical (unpaired) electrons. The first-order chi connectivity index (χ1) is 15.8. The predicted octanol–water partition coefficient (Wildman–Crippen LogP) is 3.76. The van der Waals surface area contributed by atoms with Gasteiger partial charge in [0, 0.05) is 68.2 Å². The SMILES string of the molecule is Cc1ccc(C(=O)N2CCN(c3ccc([N+](=O)[O-])c(N4CCCCC4)c3)CC2)cc1[N+](=O)[O-]. The van der Waals surface area contributed by atoms with E-state index in [0.717, 1.165) is 38.0 Å². The molecule has 4 rings (SSSR count). The van der Waals surface area contributed by atoms with Crippen LogP contribution < -0.4 is 9.80 Å². The van der Waals surface area contributed by atoms with Crippen molar-refractivity contribution in [2.45, 2.75) is 26.2 Å². The molecule has 2 fully saturated rings. The first-order valence-corrected chi connectivity index (χ1v) is 11.2. The van der Waals surface area contributed by atoms with E-state index in [1.807, 2.05) is 6.07 Å². The maximum Gasteiger partial charge on any atom is 0.292 e. The molecule has 2 saturated heterocycles. The molecule has 10 heteroatoms. The Balaban J connectivity index is 1.47. The molecule has 0 aliphatic carbocycles. The van der Waals surface area contributed by atoms with E-state index in [9.17, 15) is 25.0 Å². The van der Waals surface area contributed by atoms with Crippen LogP contribution in [0.15, 0.2) is 36.4 Å². The molecule has 10 nitrogen and oxygen atoms in total. The van der Waals surface area contributed by atoms with Gasteiger partial charge in [-0.25, -0.2) is 0 Å². The van der Waals surface area contributed by atoms with Crippen LogP contribution in [0.3, 0.4) is 0 Å². The van der Waals surface area contributed by atoms with Crippen molar-refractivity contribution in [2.24, 2.45) is 0 Å². The third kappa shape index (κ3) is 4.74. The third-order valence-corrected chi connectivity index (χ3v) is 6.44. The lowest BCUT2D eigenvalue weighted by molar-refractivity contribution is -0.385. The monoisotopic (exact) mass is 453 g/mol. The van der Waals surface area contributed by atoms with Crippen LogP contribution in [0.25, 0.3) is 0 Å². The zero-order chi connectivity index (χ0) is 23.5. The molecule has 1 amide bonds. The van der Waals surface area contributed by atoms with Crippen molar-refractivity contribution < 1.29 is 14.6 Å². The number of benzene rings is 2. The third-order valence-electron chi connectivity index (χ3n) is 6.44. The van der Waals surface area contributed by atoms with E-state index in [1.165, 1.54) is 6.07 Å². The van der Waals surface area contributed by atoms with Crippen LogP contribution in [0.2, 0.25) is 0 Å². The lowest BCUT2D eigenvalue weighted by Gasteiger charge is -2.37. The standard InChI is InChI=1S/C23H27N5O5/c1-17-5-6-18(15-21(17)28(32)33)23(29)26-13-11-24(12-14-26)19-7-8-20(27(30)31)22(16-19)25-9-3-2-4-10-25/h5-8,15-16H,2-4,9-14H2,1H3. The first kappa shape index (κ1) is 22.5. The predicted molar refractivity (Wildman–Crippen MR) is 125 cm³/mol. The van der Waals surface area contributed by atoms with Gasteiger partial charge in [0.1, 0.15) is 5.69 Å². The molecule has 2 aromatic rings. The number of nitro groups is 2. The molecule has 2 heterocycles. The number of piperidine rings is 1. The van der Waals surface area contributed by atoms with Crippen LogP contribution in [0, 0.1) is 27.2 Å². The average Bonchev–Trinajstić information content (AvgIpc) is 2.84. The number of carbonyl (C=O) groups is 1. The quantitative estimate of drug-likeness (QED) is 0.500. The van der Waals surface area contributed by atoms with E-state index < -0.39 is 4.92 Å². The number of anilines is 2. The van der Waals surface area contributed by atoms with Crippen LogP contribution in [0.4, 0.5) is 22.7 Å². The zero-order valence-electron chi connectivity index (χ0n) is 18.6. The van der Waals surface area contributed by atoms with Gasteiger partial charge < -0.3 is 14.7 Å². The van der Waals surface area contributed by atoms with Crippen molar-refractivity contribution in [3.8, 4) is 0 Å². The van der Waals surface area contributed by atoms with E-state index in [0.29, 0.717) is 43.0 Å². The highest BCUT2D eigenvalue weighted by molar-refractivity contribution is 5.95. The molecule has 0 spiro atoms. The number of amides is 1. The first-order valence-electron chi connectivity index (χ1n) is 11.2. The summed E-state index contributed by atoms with van der Waals surface area (Å²) in [5.41, 5.74) is 2.44. The van der Waals surface area contributed by atoms with E-state index in [2.05, 4.69) is 9.80 Å². The van der Waals surface area contributed by atoms with Gasteiger partial charge in [-0.15, -0.1) is 0 Å². The number of hydrogen-bond acceptors (Lipinski definition) is 7. The highest BCUT2D eigenvalue weighted by atomic mass is 16.6. The van der Waals surface area contributed by atoms with Gasteiger partial charge in [0.2, 0.25) is 0 Å². The van der Waals surface area contributed by atoms with Gasteiger partial charge in [0.05, 0.1) is 9.85 Å². The number of aryl methyl sites for hydroxylation is 1. The lowest BCUT2D eigenvalue weighted by Crippen LogP contribution is -2.48. The normalized spacial score (nSPS) is 16.6. The summed E-state index contributed by atoms with van der Waals surface area (Å²) in [4.78, 5) is 40.8. The molecular weight excluding hydrogens is 426 g/mol. The largest absolute Gasteiger partial charge is 0.368 e. The van der Waals surface area contributed by atoms with Crippen molar-refractivity contribution in [1.82, 2.24) is 4.90 Å². The van der Waals surface area contributed by atoms with Gasteiger partial charge >= 0.3 is 0 Å². The van der Waals surface area contributed by atoms with Gasteiger partial charge in [-0.05, 0) is 44.4 Å². The fourth-order valence-corrected chi connectivity index (χ4v) is 4.54. The van der Waals surface area contributed by atoms with E-state index in [1.54, 1.807) is 36.1 Å². The van der Waals surface area contributed by atoms with Gasteiger partial charge in [0.15, 0.2) is 0 Å². The minimum absolute atomic E-state index is 0.0596. The van der Waals surface area contributed by atoms with Gasteiger partial charge in [-0.3, -0.25) is 25.0 Å². The maximum atomic E-state index is 12.9. The van der Waals surface area contributed by atoms with E-state index in [-0.39, 0.29) is 22.2 Å². The fraction of sp³-hybridized carbons (Fsp3) is 0.435. The summed E-state index contributed by atoms with van der Waals surface area (Å²) in [5, 5.41) is 22.8. The summed E-state index contributed by atoms with van der Waals surface area (Å²) < 4.78 is 0. The molecule has 0 bridgehead atoms. The minimum Gasteiger partial charge on any atom is -0.368 e. The van der Waals surface area contributed by atoms with Crippen LogP contribution in [0.1, 0.15) is 35.2 Å². The number of piperazine rings is 1. The Labute approximate surface area is 191 Å². The summed E-state index contributed by atoms with van der Waals surface area (Å²) in [7, 11) is 0.